The highest BCUT2D eigenvalue weighted by molar-refractivity contribution is 6.31. The number of ether oxygens (including phenoxy) is 2. The van der Waals surface area contributed by atoms with Crippen LogP contribution in [0.4, 0.5) is 10.2 Å². The molecule has 0 spiro atoms. The molecule has 0 aliphatic carbocycles. The number of rotatable bonds is 6. The van der Waals surface area contributed by atoms with Gasteiger partial charge in [0, 0.05) is 12.3 Å². The van der Waals surface area contributed by atoms with E-state index in [0.717, 1.165) is 6.07 Å². The number of pyridine rings is 1. The highest BCUT2D eigenvalue weighted by Gasteiger charge is 2.21. The zero-order valence-electron chi connectivity index (χ0n) is 15.6. The summed E-state index contributed by atoms with van der Waals surface area (Å²) < 4.78 is 25.9. The second-order valence-corrected chi connectivity index (χ2v) is 6.40. The maximum atomic E-state index is 13.8. The number of phenols is 1. The van der Waals surface area contributed by atoms with Crippen LogP contribution in [0.25, 0.3) is 5.69 Å². The van der Waals surface area contributed by atoms with Crippen molar-refractivity contribution in [1.29, 1.82) is 0 Å². The van der Waals surface area contributed by atoms with Crippen molar-refractivity contribution >= 4 is 23.4 Å². The number of nitrogen functional groups attached to an aromatic ring is 1. The van der Waals surface area contributed by atoms with Gasteiger partial charge in [-0.25, -0.2) is 18.9 Å². The standard InChI is InChI=1S/C19H18ClFN4O4/c1-3-28-19(27)11-7-24-25(9-11)12-6-15(18(22)23-8-12)29-10(2)16-14(26)5-4-13(21)17(16)20/h4-10,26H,3H2,1-2H3,(H2,22,23). The van der Waals surface area contributed by atoms with E-state index in [4.69, 9.17) is 26.8 Å². The Labute approximate surface area is 170 Å². The van der Waals surface area contributed by atoms with Crippen LogP contribution in [0, 0.1) is 5.82 Å². The monoisotopic (exact) mass is 420 g/mol. The van der Waals surface area contributed by atoms with Gasteiger partial charge in [0.25, 0.3) is 0 Å². The Kier molecular flexibility index (Phi) is 5.88. The summed E-state index contributed by atoms with van der Waals surface area (Å²) in [5, 5.41) is 13.9. The largest absolute Gasteiger partial charge is 0.507 e. The van der Waals surface area contributed by atoms with Crippen molar-refractivity contribution in [2.24, 2.45) is 0 Å². The Balaban J connectivity index is 1.89. The zero-order valence-corrected chi connectivity index (χ0v) is 16.4. The number of aromatic nitrogens is 3. The fourth-order valence-electron chi connectivity index (χ4n) is 2.64. The smallest absolute Gasteiger partial charge is 0.341 e. The van der Waals surface area contributed by atoms with Gasteiger partial charge in [0.2, 0.25) is 0 Å². The third kappa shape index (κ3) is 4.24. The van der Waals surface area contributed by atoms with Gasteiger partial charge in [-0.2, -0.15) is 5.10 Å². The number of esters is 1. The maximum Gasteiger partial charge on any atom is 0.341 e. The fraction of sp³-hybridized carbons (Fsp3) is 0.211. The summed E-state index contributed by atoms with van der Waals surface area (Å²) in [6.07, 6.45) is 3.46. The van der Waals surface area contributed by atoms with E-state index in [-0.39, 0.29) is 40.1 Å². The van der Waals surface area contributed by atoms with Crippen LogP contribution in [0.1, 0.15) is 35.9 Å². The van der Waals surface area contributed by atoms with Crippen LogP contribution in [-0.4, -0.2) is 32.4 Å². The highest BCUT2D eigenvalue weighted by atomic mass is 35.5. The molecule has 0 saturated heterocycles. The number of carbonyl (C=O) groups is 1. The lowest BCUT2D eigenvalue weighted by molar-refractivity contribution is 0.0526. The number of hydrogen-bond donors (Lipinski definition) is 2. The molecule has 29 heavy (non-hydrogen) atoms. The predicted molar refractivity (Wildman–Crippen MR) is 104 cm³/mol. The van der Waals surface area contributed by atoms with Crippen LogP contribution in [0.5, 0.6) is 11.5 Å². The molecule has 0 amide bonds. The molecule has 10 heteroatoms. The molecule has 0 fully saturated rings. The summed E-state index contributed by atoms with van der Waals surface area (Å²) in [7, 11) is 0. The topological polar surface area (TPSA) is 112 Å². The summed E-state index contributed by atoms with van der Waals surface area (Å²) in [4.78, 5) is 15.9. The van der Waals surface area contributed by atoms with E-state index in [9.17, 15) is 14.3 Å². The molecule has 152 valence electrons. The minimum absolute atomic E-state index is 0.0744. The van der Waals surface area contributed by atoms with Crippen LogP contribution >= 0.6 is 11.6 Å². The van der Waals surface area contributed by atoms with Gasteiger partial charge in [-0.15, -0.1) is 0 Å². The van der Waals surface area contributed by atoms with Gasteiger partial charge < -0.3 is 20.3 Å². The number of nitrogens with two attached hydrogens (primary N) is 1. The van der Waals surface area contributed by atoms with Crippen LogP contribution in [0.3, 0.4) is 0 Å². The summed E-state index contributed by atoms with van der Waals surface area (Å²) in [6, 6.07) is 3.80. The average molecular weight is 421 g/mol. The van der Waals surface area contributed by atoms with Gasteiger partial charge in [0.15, 0.2) is 11.6 Å². The molecule has 2 heterocycles. The molecule has 3 aromatic rings. The molecule has 1 atom stereocenters. The van der Waals surface area contributed by atoms with E-state index in [1.54, 1.807) is 19.9 Å². The van der Waals surface area contributed by atoms with E-state index in [1.807, 2.05) is 0 Å². The van der Waals surface area contributed by atoms with Crippen molar-refractivity contribution in [3.05, 3.63) is 58.8 Å². The first-order valence-electron chi connectivity index (χ1n) is 8.63. The SMILES string of the molecule is CCOC(=O)c1cnn(-c2cnc(N)c(OC(C)c3c(O)ccc(F)c3Cl)c2)c1. The molecule has 3 rings (SSSR count). The molecule has 0 aliphatic heterocycles. The van der Waals surface area contributed by atoms with Gasteiger partial charge in [0.05, 0.1) is 40.8 Å². The van der Waals surface area contributed by atoms with Crippen molar-refractivity contribution in [2.75, 3.05) is 12.3 Å². The summed E-state index contributed by atoms with van der Waals surface area (Å²) >= 11 is 5.96. The van der Waals surface area contributed by atoms with Crippen LogP contribution < -0.4 is 10.5 Å². The summed E-state index contributed by atoms with van der Waals surface area (Å²) in [6.45, 7) is 3.54. The Bertz CT molecular complexity index is 1060. The molecule has 0 aliphatic rings. The lowest BCUT2D eigenvalue weighted by Gasteiger charge is -2.19. The first-order valence-corrected chi connectivity index (χ1v) is 9.00. The third-order valence-corrected chi connectivity index (χ3v) is 4.43. The normalized spacial score (nSPS) is 11.9. The number of hydrogen-bond acceptors (Lipinski definition) is 7. The van der Waals surface area contributed by atoms with E-state index in [2.05, 4.69) is 10.1 Å². The van der Waals surface area contributed by atoms with Crippen molar-refractivity contribution in [2.45, 2.75) is 20.0 Å². The Morgan fingerprint density at radius 1 is 1.41 bits per heavy atom. The van der Waals surface area contributed by atoms with E-state index in [1.165, 1.54) is 29.3 Å². The molecule has 3 N–H and O–H groups in total. The number of anilines is 1. The number of nitrogens with zero attached hydrogens (tertiary/aromatic N) is 3. The van der Waals surface area contributed by atoms with Crippen LogP contribution in [-0.2, 0) is 4.74 Å². The lowest BCUT2D eigenvalue weighted by atomic mass is 10.1. The van der Waals surface area contributed by atoms with Gasteiger partial charge in [-0.1, -0.05) is 11.6 Å². The van der Waals surface area contributed by atoms with Crippen LogP contribution in [0.15, 0.2) is 36.8 Å². The molecule has 1 aromatic carbocycles. The number of halogens is 2. The molecule has 0 saturated carbocycles. The molecular formula is C19H18ClFN4O4. The second-order valence-electron chi connectivity index (χ2n) is 6.03. The van der Waals surface area contributed by atoms with Gasteiger partial charge >= 0.3 is 5.97 Å². The molecule has 1 unspecified atom stereocenters. The Morgan fingerprint density at radius 2 is 2.17 bits per heavy atom. The third-order valence-electron chi connectivity index (χ3n) is 4.05. The van der Waals surface area contributed by atoms with Crippen molar-refractivity contribution < 1.29 is 23.8 Å². The second kappa shape index (κ2) is 8.36. The average Bonchev–Trinajstić information content (AvgIpc) is 3.17. The van der Waals surface area contributed by atoms with Gasteiger partial charge in [-0.3, -0.25) is 0 Å². The number of aromatic hydroxyl groups is 1. The van der Waals surface area contributed by atoms with Crippen LogP contribution in [0.2, 0.25) is 5.02 Å². The quantitative estimate of drug-likeness (QED) is 0.585. The Morgan fingerprint density at radius 3 is 2.90 bits per heavy atom. The van der Waals surface area contributed by atoms with E-state index < -0.39 is 17.9 Å². The first-order chi connectivity index (χ1) is 13.8. The van der Waals surface area contributed by atoms with Gasteiger partial charge in [-0.05, 0) is 26.0 Å². The molecule has 0 radical (unpaired) electrons. The first kappa shape index (κ1) is 20.4. The lowest BCUT2D eigenvalue weighted by Crippen LogP contribution is -2.08. The van der Waals surface area contributed by atoms with Crippen molar-refractivity contribution in [3.63, 3.8) is 0 Å². The number of benzene rings is 1. The highest BCUT2D eigenvalue weighted by Crippen LogP contribution is 2.37. The van der Waals surface area contributed by atoms with E-state index in [0.29, 0.717) is 5.69 Å². The van der Waals surface area contributed by atoms with Crippen molar-refractivity contribution in [3.8, 4) is 17.2 Å². The molecular weight excluding hydrogens is 403 g/mol. The van der Waals surface area contributed by atoms with Crippen molar-refractivity contribution in [1.82, 2.24) is 14.8 Å². The minimum Gasteiger partial charge on any atom is -0.507 e. The number of phenolic OH excluding ortho intramolecular Hbond substituents is 1. The minimum atomic E-state index is -0.828. The van der Waals surface area contributed by atoms with E-state index >= 15 is 0 Å². The van der Waals surface area contributed by atoms with Gasteiger partial charge in [0.1, 0.15) is 17.7 Å². The zero-order chi connectivity index (χ0) is 21.1. The summed E-state index contributed by atoms with van der Waals surface area (Å²) in [5.74, 6) is -1.15. The molecule has 8 nitrogen and oxygen atoms in total. The summed E-state index contributed by atoms with van der Waals surface area (Å²) in [5.41, 5.74) is 6.71. The predicted octanol–water partition coefficient (Wildman–Crippen LogP) is 3.66. The Hall–Kier alpha value is -3.33. The number of carbonyl (C=O) groups excluding carboxylic acids is 1. The maximum absolute atomic E-state index is 13.8. The fourth-order valence-corrected chi connectivity index (χ4v) is 2.95. The molecule has 0 bridgehead atoms. The molecule has 2 aromatic heterocycles.